The molecule has 0 aliphatic carbocycles. The molecular formula is C25H26F2N6O2. The SMILES string of the molecule is Cc1cc(Nc2nccn3c(-c4ccc(C)c(F)c4F)cnc23)ccc1C(=O)NCCOCCN. The van der Waals surface area contributed by atoms with E-state index in [0.29, 0.717) is 54.7 Å². The predicted molar refractivity (Wildman–Crippen MR) is 130 cm³/mol. The number of rotatable bonds is 9. The van der Waals surface area contributed by atoms with Gasteiger partial charge in [0.2, 0.25) is 0 Å². The van der Waals surface area contributed by atoms with Gasteiger partial charge < -0.3 is 21.1 Å². The highest BCUT2D eigenvalue weighted by Gasteiger charge is 2.18. The Kier molecular flexibility index (Phi) is 7.33. The number of carbonyl (C=O) groups excluding carboxylic acids is 1. The van der Waals surface area contributed by atoms with Crippen LogP contribution in [0, 0.1) is 25.5 Å². The van der Waals surface area contributed by atoms with Crippen molar-refractivity contribution in [1.82, 2.24) is 19.7 Å². The number of nitrogens with two attached hydrogens (primary N) is 1. The summed E-state index contributed by atoms with van der Waals surface area (Å²) in [5.41, 5.74) is 8.56. The Balaban J connectivity index is 1.54. The van der Waals surface area contributed by atoms with Crippen LogP contribution in [0.2, 0.25) is 0 Å². The second-order valence-corrected chi connectivity index (χ2v) is 7.98. The van der Waals surface area contributed by atoms with Crippen molar-refractivity contribution < 1.29 is 18.3 Å². The second kappa shape index (κ2) is 10.6. The largest absolute Gasteiger partial charge is 0.378 e. The van der Waals surface area contributed by atoms with Gasteiger partial charge in [-0.15, -0.1) is 0 Å². The number of imidazole rings is 1. The lowest BCUT2D eigenvalue weighted by Gasteiger charge is -2.12. The molecule has 182 valence electrons. The van der Waals surface area contributed by atoms with E-state index in [0.717, 1.165) is 5.56 Å². The minimum Gasteiger partial charge on any atom is -0.378 e. The van der Waals surface area contributed by atoms with Crippen LogP contribution in [0.25, 0.3) is 16.9 Å². The lowest BCUT2D eigenvalue weighted by molar-refractivity contribution is 0.0919. The molecule has 35 heavy (non-hydrogen) atoms. The number of aryl methyl sites for hydroxylation is 2. The van der Waals surface area contributed by atoms with Crippen LogP contribution >= 0.6 is 0 Å². The minimum atomic E-state index is -0.923. The molecule has 0 aliphatic heterocycles. The fourth-order valence-corrected chi connectivity index (χ4v) is 3.70. The molecule has 2 aromatic carbocycles. The van der Waals surface area contributed by atoms with Crippen LogP contribution in [0.4, 0.5) is 20.3 Å². The Bertz CT molecular complexity index is 1370. The molecule has 0 fully saturated rings. The summed E-state index contributed by atoms with van der Waals surface area (Å²) < 4.78 is 35.6. The average Bonchev–Trinajstić information content (AvgIpc) is 3.27. The number of carbonyl (C=O) groups is 1. The second-order valence-electron chi connectivity index (χ2n) is 7.98. The third-order valence-corrected chi connectivity index (χ3v) is 5.51. The fraction of sp³-hybridized carbons (Fsp3) is 0.240. The molecule has 0 bridgehead atoms. The Morgan fingerprint density at radius 3 is 2.69 bits per heavy atom. The van der Waals surface area contributed by atoms with Crippen molar-refractivity contribution in [3.63, 3.8) is 0 Å². The summed E-state index contributed by atoms with van der Waals surface area (Å²) in [6.07, 6.45) is 4.66. The summed E-state index contributed by atoms with van der Waals surface area (Å²) in [4.78, 5) is 21.2. The van der Waals surface area contributed by atoms with Crippen LogP contribution in [0.15, 0.2) is 48.9 Å². The van der Waals surface area contributed by atoms with Gasteiger partial charge >= 0.3 is 0 Å². The number of halogens is 2. The number of nitrogens with zero attached hydrogens (tertiary/aromatic N) is 3. The highest BCUT2D eigenvalue weighted by molar-refractivity contribution is 5.96. The van der Waals surface area contributed by atoms with E-state index < -0.39 is 11.6 Å². The molecule has 1 amide bonds. The van der Waals surface area contributed by atoms with Gasteiger partial charge in [-0.25, -0.2) is 18.7 Å². The average molecular weight is 481 g/mol. The Hall–Kier alpha value is -3.89. The van der Waals surface area contributed by atoms with Crippen molar-refractivity contribution in [3.8, 4) is 11.3 Å². The first-order valence-corrected chi connectivity index (χ1v) is 11.1. The Morgan fingerprint density at radius 2 is 1.91 bits per heavy atom. The molecule has 0 saturated carbocycles. The summed E-state index contributed by atoms with van der Waals surface area (Å²) in [6.45, 7) is 5.01. The normalized spacial score (nSPS) is 11.1. The van der Waals surface area contributed by atoms with Crippen molar-refractivity contribution in [3.05, 3.63) is 77.2 Å². The van der Waals surface area contributed by atoms with Crippen molar-refractivity contribution in [2.75, 3.05) is 31.6 Å². The number of nitrogens with one attached hydrogen (secondary N) is 2. The summed E-state index contributed by atoms with van der Waals surface area (Å²) in [6, 6.07) is 8.36. The molecule has 0 radical (unpaired) electrons. The first-order valence-electron chi connectivity index (χ1n) is 11.1. The maximum absolute atomic E-state index is 14.6. The molecule has 0 saturated heterocycles. The summed E-state index contributed by atoms with van der Waals surface area (Å²) in [5.74, 6) is -1.57. The van der Waals surface area contributed by atoms with Crippen molar-refractivity contribution in [2.45, 2.75) is 13.8 Å². The molecule has 2 aromatic heterocycles. The molecule has 0 atom stereocenters. The number of anilines is 2. The molecule has 0 aliphatic rings. The van der Waals surface area contributed by atoms with Gasteiger partial charge in [0.05, 0.1) is 25.1 Å². The van der Waals surface area contributed by atoms with E-state index in [2.05, 4.69) is 20.6 Å². The van der Waals surface area contributed by atoms with Gasteiger partial charge in [-0.1, -0.05) is 6.07 Å². The van der Waals surface area contributed by atoms with Crippen LogP contribution in [0.3, 0.4) is 0 Å². The highest BCUT2D eigenvalue weighted by Crippen LogP contribution is 2.29. The number of amides is 1. The molecule has 10 heteroatoms. The number of aromatic nitrogens is 3. The molecule has 4 N–H and O–H groups in total. The van der Waals surface area contributed by atoms with Crippen LogP contribution in [0.5, 0.6) is 0 Å². The molecule has 2 heterocycles. The molecule has 4 aromatic rings. The zero-order valence-electron chi connectivity index (χ0n) is 19.4. The first kappa shape index (κ1) is 24.2. The summed E-state index contributed by atoms with van der Waals surface area (Å²) in [7, 11) is 0. The van der Waals surface area contributed by atoms with Crippen LogP contribution in [-0.2, 0) is 4.74 Å². The van der Waals surface area contributed by atoms with E-state index in [4.69, 9.17) is 10.5 Å². The maximum Gasteiger partial charge on any atom is 0.251 e. The van der Waals surface area contributed by atoms with E-state index in [-0.39, 0.29) is 17.0 Å². The van der Waals surface area contributed by atoms with Gasteiger partial charge in [0.15, 0.2) is 23.1 Å². The van der Waals surface area contributed by atoms with Gasteiger partial charge in [0.1, 0.15) is 0 Å². The molecular weight excluding hydrogens is 454 g/mol. The first-order chi connectivity index (χ1) is 16.9. The number of hydrogen-bond donors (Lipinski definition) is 3. The monoisotopic (exact) mass is 480 g/mol. The summed E-state index contributed by atoms with van der Waals surface area (Å²) in [5, 5.41) is 6.01. The highest BCUT2D eigenvalue weighted by atomic mass is 19.2. The van der Waals surface area contributed by atoms with Crippen molar-refractivity contribution in [1.29, 1.82) is 0 Å². The van der Waals surface area contributed by atoms with Crippen LogP contribution in [0.1, 0.15) is 21.5 Å². The zero-order valence-corrected chi connectivity index (χ0v) is 19.4. The maximum atomic E-state index is 14.6. The molecule has 0 spiro atoms. The fourth-order valence-electron chi connectivity index (χ4n) is 3.70. The quantitative estimate of drug-likeness (QED) is 0.315. The van der Waals surface area contributed by atoms with E-state index in [9.17, 15) is 13.6 Å². The summed E-state index contributed by atoms with van der Waals surface area (Å²) >= 11 is 0. The molecule has 8 nitrogen and oxygen atoms in total. The third-order valence-electron chi connectivity index (χ3n) is 5.51. The number of hydrogen-bond acceptors (Lipinski definition) is 6. The van der Waals surface area contributed by atoms with Gasteiger partial charge in [0.25, 0.3) is 5.91 Å². The molecule has 4 rings (SSSR count). The Labute approximate surface area is 201 Å². The lowest BCUT2D eigenvalue weighted by Crippen LogP contribution is -2.28. The lowest BCUT2D eigenvalue weighted by atomic mass is 10.1. The van der Waals surface area contributed by atoms with Crippen LogP contribution < -0.4 is 16.4 Å². The predicted octanol–water partition coefficient (Wildman–Crippen LogP) is 3.74. The van der Waals surface area contributed by atoms with Crippen molar-refractivity contribution in [2.24, 2.45) is 5.73 Å². The number of benzene rings is 2. The Morgan fingerprint density at radius 1 is 1.09 bits per heavy atom. The van der Waals surface area contributed by atoms with E-state index in [1.165, 1.54) is 25.3 Å². The van der Waals surface area contributed by atoms with E-state index in [1.54, 1.807) is 28.9 Å². The smallest absolute Gasteiger partial charge is 0.251 e. The zero-order chi connectivity index (χ0) is 24.9. The minimum absolute atomic E-state index is 0.109. The number of ether oxygens (including phenoxy) is 1. The van der Waals surface area contributed by atoms with Crippen molar-refractivity contribution >= 4 is 23.1 Å². The van der Waals surface area contributed by atoms with Gasteiger partial charge in [-0.05, 0) is 49.2 Å². The third kappa shape index (κ3) is 5.13. The topological polar surface area (TPSA) is 107 Å². The number of fused-ring (bicyclic) bond motifs is 1. The standard InChI is InChI=1S/C25H26F2N6O2/c1-15-3-5-19(22(27)21(15)26)20-14-31-24-23(29-8-10-33(20)24)32-17-4-6-18(16(2)13-17)25(34)30-9-12-35-11-7-28/h3-6,8,10,13-14H,7,9,11-12,28H2,1-2H3,(H,29,32)(H,30,34). The van der Waals surface area contributed by atoms with Gasteiger partial charge in [0, 0.05) is 42.3 Å². The van der Waals surface area contributed by atoms with E-state index in [1.807, 2.05) is 13.0 Å². The van der Waals surface area contributed by atoms with Gasteiger partial charge in [-0.3, -0.25) is 9.20 Å². The van der Waals surface area contributed by atoms with E-state index >= 15 is 0 Å². The van der Waals surface area contributed by atoms with Crippen LogP contribution in [-0.4, -0.2) is 46.6 Å². The molecule has 0 unspecified atom stereocenters. The van der Waals surface area contributed by atoms with Gasteiger partial charge in [-0.2, -0.15) is 0 Å².